The summed E-state index contributed by atoms with van der Waals surface area (Å²) in [5, 5.41) is 2.78. The van der Waals surface area contributed by atoms with E-state index in [4.69, 9.17) is 16.6 Å². The van der Waals surface area contributed by atoms with Gasteiger partial charge in [-0.15, -0.1) is 0 Å². The average Bonchev–Trinajstić information content (AvgIpc) is 2.93. The third-order valence-electron chi connectivity index (χ3n) is 4.49. The maximum Gasteiger partial charge on any atom is 0.266 e. The molecule has 1 aromatic carbocycles. The molecule has 1 aromatic heterocycles. The molecule has 3 rings (SSSR count). The van der Waals surface area contributed by atoms with E-state index in [1.807, 2.05) is 4.90 Å². The standard InChI is InChI=1S/C17H21N3O3S/c1-10-5-3-4-8-20(10)16(22)11(2)18-15(21)12-6-7-13-14(9-12)23-17(24)19-13/h6-7,9-11H,3-5,8H2,1-2H3,(H,18,21)(H,19,24)/t10-,11-/m1/s1. The second-order valence-electron chi connectivity index (χ2n) is 6.30. The number of piperidine rings is 1. The summed E-state index contributed by atoms with van der Waals surface area (Å²) in [6.45, 7) is 4.54. The molecule has 0 saturated carbocycles. The van der Waals surface area contributed by atoms with Crippen LogP contribution in [0.4, 0.5) is 0 Å². The number of nitrogens with zero attached hydrogens (tertiary/aromatic N) is 1. The van der Waals surface area contributed by atoms with Crippen LogP contribution >= 0.6 is 12.2 Å². The van der Waals surface area contributed by atoms with E-state index in [2.05, 4.69) is 17.2 Å². The third-order valence-corrected chi connectivity index (χ3v) is 4.67. The molecule has 0 bridgehead atoms. The van der Waals surface area contributed by atoms with Crippen molar-refractivity contribution in [2.45, 2.75) is 45.2 Å². The van der Waals surface area contributed by atoms with Crippen molar-refractivity contribution < 1.29 is 14.0 Å². The first-order valence-corrected chi connectivity index (χ1v) is 8.61. The van der Waals surface area contributed by atoms with E-state index in [-0.39, 0.29) is 22.7 Å². The van der Waals surface area contributed by atoms with Crippen molar-refractivity contribution in [3.8, 4) is 0 Å². The van der Waals surface area contributed by atoms with Gasteiger partial charge in [-0.05, 0) is 63.5 Å². The van der Waals surface area contributed by atoms with Gasteiger partial charge in [-0.25, -0.2) is 0 Å². The Kier molecular flexibility index (Phi) is 4.71. The average molecular weight is 347 g/mol. The van der Waals surface area contributed by atoms with Crippen LogP contribution < -0.4 is 5.32 Å². The van der Waals surface area contributed by atoms with Gasteiger partial charge in [-0.2, -0.15) is 0 Å². The molecule has 0 unspecified atom stereocenters. The summed E-state index contributed by atoms with van der Waals surface area (Å²) in [7, 11) is 0. The quantitative estimate of drug-likeness (QED) is 0.837. The molecule has 1 fully saturated rings. The Morgan fingerprint density at radius 2 is 2.21 bits per heavy atom. The summed E-state index contributed by atoms with van der Waals surface area (Å²) in [6, 6.07) is 4.71. The summed E-state index contributed by atoms with van der Waals surface area (Å²) >= 11 is 4.94. The lowest BCUT2D eigenvalue weighted by Gasteiger charge is -2.35. The molecule has 6 nitrogen and oxygen atoms in total. The van der Waals surface area contributed by atoms with E-state index in [9.17, 15) is 9.59 Å². The van der Waals surface area contributed by atoms with Gasteiger partial charge in [0.05, 0.1) is 5.52 Å². The van der Waals surface area contributed by atoms with E-state index in [1.54, 1.807) is 25.1 Å². The molecule has 2 heterocycles. The van der Waals surface area contributed by atoms with Gasteiger partial charge in [0, 0.05) is 18.2 Å². The van der Waals surface area contributed by atoms with Crippen LogP contribution in [0.5, 0.6) is 0 Å². The molecular formula is C17H21N3O3S. The fourth-order valence-corrected chi connectivity index (χ4v) is 3.30. The first-order valence-electron chi connectivity index (χ1n) is 8.20. The summed E-state index contributed by atoms with van der Waals surface area (Å²) < 4.78 is 5.32. The minimum atomic E-state index is -0.563. The Bertz CT molecular complexity index is 826. The fraction of sp³-hybridized carbons (Fsp3) is 0.471. The molecule has 2 amide bonds. The number of likely N-dealkylation sites (tertiary alicyclic amines) is 1. The number of benzene rings is 1. The highest BCUT2D eigenvalue weighted by Gasteiger charge is 2.28. The maximum absolute atomic E-state index is 12.6. The number of fused-ring (bicyclic) bond motifs is 1. The zero-order chi connectivity index (χ0) is 17.3. The molecule has 1 aliphatic heterocycles. The van der Waals surface area contributed by atoms with Crippen molar-refractivity contribution in [2.75, 3.05) is 6.54 Å². The number of amides is 2. The normalized spacial score (nSPS) is 19.2. The van der Waals surface area contributed by atoms with Crippen LogP contribution in [-0.2, 0) is 4.79 Å². The van der Waals surface area contributed by atoms with Crippen LogP contribution in [0.2, 0.25) is 0 Å². The lowest BCUT2D eigenvalue weighted by Crippen LogP contribution is -2.51. The molecule has 2 atom stereocenters. The molecular weight excluding hydrogens is 326 g/mol. The number of aromatic nitrogens is 1. The molecule has 1 aliphatic rings. The number of carbonyl (C=O) groups is 2. The van der Waals surface area contributed by atoms with Crippen molar-refractivity contribution >= 4 is 35.1 Å². The maximum atomic E-state index is 12.6. The molecule has 2 aromatic rings. The number of oxazole rings is 1. The minimum absolute atomic E-state index is 0.0317. The summed E-state index contributed by atoms with van der Waals surface area (Å²) in [4.78, 5) is 30.0. The Balaban J connectivity index is 1.70. The van der Waals surface area contributed by atoms with Gasteiger partial charge in [0.25, 0.3) is 10.7 Å². The second kappa shape index (κ2) is 6.76. The number of aromatic amines is 1. The zero-order valence-corrected chi connectivity index (χ0v) is 14.6. The first kappa shape index (κ1) is 16.7. The zero-order valence-electron chi connectivity index (χ0n) is 13.8. The van der Waals surface area contributed by atoms with Gasteiger partial charge in [0.15, 0.2) is 5.58 Å². The number of hydrogen-bond acceptors (Lipinski definition) is 4. The van der Waals surface area contributed by atoms with Gasteiger partial charge >= 0.3 is 0 Å². The van der Waals surface area contributed by atoms with Crippen LogP contribution in [0.1, 0.15) is 43.5 Å². The van der Waals surface area contributed by atoms with E-state index in [1.165, 1.54) is 0 Å². The number of hydrogen-bond donors (Lipinski definition) is 2. The molecule has 0 aliphatic carbocycles. The molecule has 1 saturated heterocycles. The molecule has 0 radical (unpaired) electrons. The third kappa shape index (κ3) is 3.36. The van der Waals surface area contributed by atoms with Crippen molar-refractivity contribution in [3.05, 3.63) is 28.6 Å². The highest BCUT2D eigenvalue weighted by atomic mass is 32.1. The van der Waals surface area contributed by atoms with Crippen molar-refractivity contribution in [3.63, 3.8) is 0 Å². The van der Waals surface area contributed by atoms with Crippen LogP contribution in [0.15, 0.2) is 22.6 Å². The van der Waals surface area contributed by atoms with Gasteiger partial charge in [0.1, 0.15) is 6.04 Å². The Labute approximate surface area is 145 Å². The fourth-order valence-electron chi connectivity index (χ4n) is 3.10. The van der Waals surface area contributed by atoms with Crippen LogP contribution in [0.3, 0.4) is 0 Å². The van der Waals surface area contributed by atoms with Crippen molar-refractivity contribution in [1.82, 2.24) is 15.2 Å². The Morgan fingerprint density at radius 3 is 2.96 bits per heavy atom. The monoisotopic (exact) mass is 347 g/mol. The highest BCUT2D eigenvalue weighted by Crippen LogP contribution is 2.18. The van der Waals surface area contributed by atoms with Crippen LogP contribution in [-0.4, -0.2) is 40.3 Å². The summed E-state index contributed by atoms with van der Waals surface area (Å²) in [6.07, 6.45) is 3.18. The lowest BCUT2D eigenvalue weighted by molar-refractivity contribution is -0.136. The summed E-state index contributed by atoms with van der Waals surface area (Å²) in [5.74, 6) is -0.333. The Morgan fingerprint density at radius 1 is 1.42 bits per heavy atom. The molecule has 24 heavy (non-hydrogen) atoms. The largest absolute Gasteiger partial charge is 0.429 e. The first-order chi connectivity index (χ1) is 11.5. The molecule has 7 heteroatoms. The highest BCUT2D eigenvalue weighted by molar-refractivity contribution is 7.71. The second-order valence-corrected chi connectivity index (χ2v) is 6.67. The molecule has 2 N–H and O–H groups in total. The molecule has 0 spiro atoms. The predicted octanol–water partition coefficient (Wildman–Crippen LogP) is 3.01. The van der Waals surface area contributed by atoms with Gasteiger partial charge in [0.2, 0.25) is 5.91 Å². The predicted molar refractivity (Wildman–Crippen MR) is 93.4 cm³/mol. The van der Waals surface area contributed by atoms with Crippen molar-refractivity contribution in [2.24, 2.45) is 0 Å². The van der Waals surface area contributed by atoms with E-state index in [0.717, 1.165) is 31.3 Å². The van der Waals surface area contributed by atoms with E-state index < -0.39 is 6.04 Å². The van der Waals surface area contributed by atoms with Gasteiger partial charge < -0.3 is 19.6 Å². The number of nitrogens with one attached hydrogen (secondary N) is 2. The lowest BCUT2D eigenvalue weighted by atomic mass is 10.0. The van der Waals surface area contributed by atoms with Crippen molar-refractivity contribution in [1.29, 1.82) is 0 Å². The smallest absolute Gasteiger partial charge is 0.266 e. The number of rotatable bonds is 3. The number of H-pyrrole nitrogens is 1. The van der Waals surface area contributed by atoms with Gasteiger partial charge in [-0.3, -0.25) is 9.59 Å². The molecule has 128 valence electrons. The van der Waals surface area contributed by atoms with E-state index in [0.29, 0.717) is 11.1 Å². The van der Waals surface area contributed by atoms with Crippen LogP contribution in [0.25, 0.3) is 11.1 Å². The topological polar surface area (TPSA) is 78.3 Å². The van der Waals surface area contributed by atoms with Gasteiger partial charge in [-0.1, -0.05) is 0 Å². The Hall–Kier alpha value is -2.15. The SMILES string of the molecule is C[C@@H]1CCCCN1C(=O)[C@@H](C)NC(=O)c1ccc2[nH]c(=S)oc2c1. The van der Waals surface area contributed by atoms with Crippen LogP contribution in [0, 0.1) is 4.84 Å². The number of carbonyl (C=O) groups excluding carboxylic acids is 2. The summed E-state index contributed by atoms with van der Waals surface area (Å²) in [5.41, 5.74) is 1.70. The minimum Gasteiger partial charge on any atom is -0.429 e. The van der Waals surface area contributed by atoms with E-state index >= 15 is 0 Å².